The van der Waals surface area contributed by atoms with Crippen LogP contribution in [0.1, 0.15) is 82.9 Å². The maximum atomic E-state index is 15.1. The second-order valence-corrected chi connectivity index (χ2v) is 13.4. The minimum Gasteiger partial charge on any atom is -0.317 e. The Morgan fingerprint density at radius 1 is 0.867 bits per heavy atom. The Morgan fingerprint density at radius 2 is 1.37 bits per heavy atom. The van der Waals surface area contributed by atoms with Crippen molar-refractivity contribution in [2.75, 3.05) is 7.05 Å². The van der Waals surface area contributed by atoms with Crippen molar-refractivity contribution < 1.29 is 14.2 Å². The molecule has 2 saturated heterocycles. The number of benzene rings is 1. The fourth-order valence-corrected chi connectivity index (χ4v) is 11.1. The quantitative estimate of drug-likeness (QED) is 0.387. The number of amides is 2. The number of imide groups is 1. The first kappa shape index (κ1) is 21.6. The summed E-state index contributed by atoms with van der Waals surface area (Å²) in [6.45, 7) is 15.0. The van der Waals surface area contributed by atoms with E-state index in [4.69, 9.17) is 0 Å². The van der Waals surface area contributed by atoms with Crippen LogP contribution in [0.3, 0.4) is 0 Å². The average Bonchev–Trinajstić information content (AvgIpc) is 3.17. The van der Waals surface area contributed by atoms with E-state index < -0.39 is 19.0 Å². The first-order valence-electron chi connectivity index (χ1n) is 11.2. The molecule has 0 aromatic heterocycles. The molecule has 0 spiro atoms. The van der Waals surface area contributed by atoms with Crippen molar-refractivity contribution in [1.29, 1.82) is 0 Å². The van der Waals surface area contributed by atoms with Crippen LogP contribution >= 0.6 is 7.14 Å². The molecule has 5 atom stereocenters. The molecule has 2 fully saturated rings. The van der Waals surface area contributed by atoms with Crippen molar-refractivity contribution >= 4 is 24.3 Å². The Balaban J connectivity index is 2.01. The summed E-state index contributed by atoms with van der Waals surface area (Å²) in [5.74, 6) is -0.419. The van der Waals surface area contributed by atoms with Crippen LogP contribution in [-0.4, -0.2) is 35.1 Å². The van der Waals surface area contributed by atoms with E-state index >= 15 is 4.57 Å². The molecule has 3 aliphatic rings. The Morgan fingerprint density at radius 3 is 1.83 bits per heavy atom. The number of allylic oxidation sites excluding steroid dienone is 2. The zero-order chi connectivity index (χ0) is 22.3. The molecule has 3 aliphatic heterocycles. The highest BCUT2D eigenvalue weighted by Crippen LogP contribution is 2.74. The molecule has 162 valence electrons. The molecule has 4 nitrogen and oxygen atoms in total. The molecule has 30 heavy (non-hydrogen) atoms. The average molecular weight is 428 g/mol. The van der Waals surface area contributed by atoms with Gasteiger partial charge in [0.05, 0.1) is 17.5 Å². The molecule has 0 radical (unpaired) electrons. The van der Waals surface area contributed by atoms with Gasteiger partial charge in [0.1, 0.15) is 7.14 Å². The van der Waals surface area contributed by atoms with E-state index in [1.54, 1.807) is 7.05 Å². The number of nitrogens with zero attached hydrogens (tertiary/aromatic N) is 1. The number of likely N-dealkylation sites (tertiary alicyclic amines) is 1. The largest absolute Gasteiger partial charge is 0.317 e. The highest BCUT2D eigenvalue weighted by molar-refractivity contribution is 7.74. The van der Waals surface area contributed by atoms with Crippen LogP contribution in [0.4, 0.5) is 0 Å². The van der Waals surface area contributed by atoms with Gasteiger partial charge in [0.25, 0.3) is 0 Å². The van der Waals surface area contributed by atoms with Crippen LogP contribution in [0.15, 0.2) is 23.8 Å². The van der Waals surface area contributed by atoms with E-state index in [9.17, 15) is 9.59 Å². The summed E-state index contributed by atoms with van der Waals surface area (Å²) < 4.78 is 15.1. The fraction of sp³-hybridized carbons (Fsp3) is 0.600. The van der Waals surface area contributed by atoms with Crippen molar-refractivity contribution in [2.45, 2.75) is 77.5 Å². The Kier molecular flexibility index (Phi) is 4.97. The minimum absolute atomic E-state index is 0.152. The predicted molar refractivity (Wildman–Crippen MR) is 122 cm³/mol. The highest BCUT2D eigenvalue weighted by Gasteiger charge is 2.70. The molecule has 3 heterocycles. The van der Waals surface area contributed by atoms with Gasteiger partial charge in [-0.25, -0.2) is 0 Å². The standard InChI is InChI=1S/C25H34NO3P/c1-12(2)16-10-17(13(3)4)23(18(11-16)14(5)6)30(29)19-9-15(7)22(30)21-20(19)24(27)26(8)25(21)28/h9-14,19-22H,1-8H3/t19-,20+,21+,22+,30?/m0/s1. The van der Waals surface area contributed by atoms with E-state index in [-0.39, 0.29) is 35.0 Å². The third kappa shape index (κ3) is 2.62. The lowest BCUT2D eigenvalue weighted by molar-refractivity contribution is -0.138. The molecule has 2 amide bonds. The number of fused-ring (bicyclic) bond motifs is 5. The fourth-order valence-electron chi connectivity index (χ4n) is 5.99. The highest BCUT2D eigenvalue weighted by atomic mass is 31.2. The number of carbonyl (C=O) groups excluding carboxylic acids is 2. The lowest BCUT2D eigenvalue weighted by atomic mass is 9.82. The normalized spacial score (nSPS) is 32.8. The summed E-state index contributed by atoms with van der Waals surface area (Å²) in [4.78, 5) is 27.2. The van der Waals surface area contributed by atoms with Gasteiger partial charge in [0.2, 0.25) is 11.8 Å². The van der Waals surface area contributed by atoms with Crippen LogP contribution in [0.2, 0.25) is 0 Å². The summed E-state index contributed by atoms with van der Waals surface area (Å²) in [6, 6.07) is 4.46. The van der Waals surface area contributed by atoms with Gasteiger partial charge in [-0.05, 0) is 41.4 Å². The molecule has 1 unspecified atom stereocenters. The molecule has 2 bridgehead atoms. The molecule has 0 saturated carbocycles. The van der Waals surface area contributed by atoms with Gasteiger partial charge in [0.15, 0.2) is 0 Å². The lowest BCUT2D eigenvalue weighted by Gasteiger charge is -2.31. The summed E-state index contributed by atoms with van der Waals surface area (Å²) in [5.41, 5.74) is 3.88. The van der Waals surface area contributed by atoms with Gasteiger partial charge >= 0.3 is 0 Å². The van der Waals surface area contributed by atoms with Crippen LogP contribution < -0.4 is 5.30 Å². The van der Waals surface area contributed by atoms with Gasteiger partial charge in [-0.15, -0.1) is 0 Å². The Hall–Kier alpha value is -1.67. The van der Waals surface area contributed by atoms with Gasteiger partial charge < -0.3 is 4.57 Å². The van der Waals surface area contributed by atoms with Crippen molar-refractivity contribution in [2.24, 2.45) is 11.8 Å². The lowest BCUT2D eigenvalue weighted by Crippen LogP contribution is -2.33. The first-order chi connectivity index (χ1) is 13.9. The zero-order valence-corrected chi connectivity index (χ0v) is 20.3. The van der Waals surface area contributed by atoms with Gasteiger partial charge in [-0.3, -0.25) is 14.5 Å². The van der Waals surface area contributed by atoms with Gasteiger partial charge in [0, 0.05) is 18.0 Å². The zero-order valence-electron chi connectivity index (χ0n) is 19.4. The second kappa shape index (κ2) is 6.92. The first-order valence-corrected chi connectivity index (χ1v) is 13.0. The van der Waals surface area contributed by atoms with Crippen molar-refractivity contribution in [3.63, 3.8) is 0 Å². The molecule has 0 aliphatic carbocycles. The number of rotatable bonds is 4. The molecule has 5 heteroatoms. The maximum Gasteiger partial charge on any atom is 0.233 e. The van der Waals surface area contributed by atoms with Crippen LogP contribution in [0.25, 0.3) is 0 Å². The van der Waals surface area contributed by atoms with Gasteiger partial charge in [-0.2, -0.15) is 0 Å². The van der Waals surface area contributed by atoms with Crippen LogP contribution in [-0.2, 0) is 14.2 Å². The summed E-state index contributed by atoms with van der Waals surface area (Å²) in [7, 11) is -1.45. The SMILES string of the molecule is CC1=C[C@H]2[C@H]3C(=O)N(C)C(=O)[C@H]3[C@@H]1P2(=O)c1c(C(C)C)cc(C(C)C)cc1C(C)C. The van der Waals surface area contributed by atoms with Crippen molar-refractivity contribution in [1.82, 2.24) is 4.90 Å². The Bertz CT molecular complexity index is 990. The minimum atomic E-state index is -3.02. The van der Waals surface area contributed by atoms with E-state index in [1.807, 2.05) is 6.92 Å². The summed E-state index contributed by atoms with van der Waals surface area (Å²) in [6.07, 6.45) is 2.06. The van der Waals surface area contributed by atoms with E-state index in [0.29, 0.717) is 5.92 Å². The van der Waals surface area contributed by atoms with Gasteiger partial charge in [-0.1, -0.05) is 65.3 Å². The Labute approximate surface area is 180 Å². The van der Waals surface area contributed by atoms with Crippen molar-refractivity contribution in [3.8, 4) is 0 Å². The number of carbonyl (C=O) groups is 2. The van der Waals surface area contributed by atoms with E-state index in [2.05, 4.69) is 59.8 Å². The van der Waals surface area contributed by atoms with E-state index in [1.165, 1.54) is 10.5 Å². The smallest absolute Gasteiger partial charge is 0.233 e. The number of hydrogen-bond donors (Lipinski definition) is 0. The number of hydrogen-bond acceptors (Lipinski definition) is 3. The predicted octanol–water partition coefficient (Wildman–Crippen LogP) is 4.99. The van der Waals surface area contributed by atoms with Crippen LogP contribution in [0, 0.1) is 11.8 Å². The monoisotopic (exact) mass is 427 g/mol. The maximum absolute atomic E-state index is 15.1. The topological polar surface area (TPSA) is 54.5 Å². The third-order valence-corrected chi connectivity index (χ3v) is 11.7. The van der Waals surface area contributed by atoms with Crippen LogP contribution in [0.5, 0.6) is 0 Å². The molecule has 4 rings (SSSR count). The summed E-state index contributed by atoms with van der Waals surface area (Å²) in [5, 5.41) is 0.970. The summed E-state index contributed by atoms with van der Waals surface area (Å²) >= 11 is 0. The molecule has 1 aromatic rings. The molecular formula is C25H34NO3P. The third-order valence-electron chi connectivity index (χ3n) is 7.53. The molecular weight excluding hydrogens is 393 g/mol. The molecule has 0 N–H and O–H groups in total. The second-order valence-electron chi connectivity index (χ2n) is 10.4. The molecule has 1 aromatic carbocycles. The van der Waals surface area contributed by atoms with E-state index in [0.717, 1.165) is 22.0 Å². The van der Waals surface area contributed by atoms with Crippen molar-refractivity contribution in [3.05, 3.63) is 40.5 Å².